The van der Waals surface area contributed by atoms with Crippen LogP contribution in [0, 0.1) is 0 Å². The van der Waals surface area contributed by atoms with Crippen LogP contribution in [0.2, 0.25) is 0 Å². The summed E-state index contributed by atoms with van der Waals surface area (Å²) in [7, 11) is 0. The molecular weight excluding hydrogens is 152 g/mol. The van der Waals surface area contributed by atoms with E-state index in [0.29, 0.717) is 5.69 Å². The summed E-state index contributed by atoms with van der Waals surface area (Å²) in [5.74, 6) is 0. The Bertz CT molecular complexity index is 222. The van der Waals surface area contributed by atoms with Crippen molar-refractivity contribution in [3.05, 3.63) is 24.0 Å². The summed E-state index contributed by atoms with van der Waals surface area (Å²) >= 11 is -1.99. The fourth-order valence-electron chi connectivity index (χ4n) is 0.630. The van der Waals surface area contributed by atoms with Gasteiger partial charge in [0.05, 0.1) is 0 Å². The summed E-state index contributed by atoms with van der Waals surface area (Å²) in [6.07, 6.45) is 1.65. The van der Waals surface area contributed by atoms with E-state index in [2.05, 4.69) is 4.98 Å². The van der Waals surface area contributed by atoms with Crippen LogP contribution in [0.4, 0.5) is 0 Å². The maximum absolute atomic E-state index is 10.4. The predicted octanol–water partition coefficient (Wildman–Crippen LogP) is 0.194. The Morgan fingerprint density at radius 2 is 2.50 bits per heavy atom. The van der Waals surface area contributed by atoms with Gasteiger partial charge in [0, 0.05) is 11.9 Å². The second kappa shape index (κ2) is 2.96. The van der Waals surface area contributed by atoms with Gasteiger partial charge < -0.3 is 15.3 Å². The molecule has 0 spiro atoms. The molecule has 1 heterocycles. The molecule has 0 amide bonds. The van der Waals surface area contributed by atoms with E-state index in [0.717, 1.165) is 0 Å². The highest BCUT2D eigenvalue weighted by molar-refractivity contribution is 7.79. The smallest absolute Gasteiger partial charge is 0.176 e. The summed E-state index contributed by atoms with van der Waals surface area (Å²) < 4.78 is 18.9. The van der Waals surface area contributed by atoms with Crippen molar-refractivity contribution in [1.82, 2.24) is 4.98 Å². The number of aromatic amines is 1. The lowest BCUT2D eigenvalue weighted by atomic mass is 10.4. The molecule has 0 aliphatic rings. The Balaban J connectivity index is 2.77. The third-order valence-electron chi connectivity index (χ3n) is 1.15. The zero-order valence-corrected chi connectivity index (χ0v) is 5.97. The lowest BCUT2D eigenvalue weighted by Gasteiger charge is -2.02. The van der Waals surface area contributed by atoms with Crippen molar-refractivity contribution in [3.8, 4) is 0 Å². The van der Waals surface area contributed by atoms with Crippen LogP contribution in [0.15, 0.2) is 18.3 Å². The van der Waals surface area contributed by atoms with Gasteiger partial charge in [-0.2, -0.15) is 0 Å². The normalized spacial score (nSPS) is 16.6. The van der Waals surface area contributed by atoms with Gasteiger partial charge in [-0.25, -0.2) is 4.21 Å². The van der Waals surface area contributed by atoms with Crippen LogP contribution < -0.4 is 5.73 Å². The van der Waals surface area contributed by atoms with Crippen LogP contribution in [0.25, 0.3) is 0 Å². The van der Waals surface area contributed by atoms with Gasteiger partial charge >= 0.3 is 0 Å². The summed E-state index contributed by atoms with van der Waals surface area (Å²) in [6, 6.07) is 3.39. The molecule has 1 aromatic heterocycles. The van der Waals surface area contributed by atoms with Crippen molar-refractivity contribution in [1.29, 1.82) is 0 Å². The van der Waals surface area contributed by atoms with Crippen LogP contribution in [-0.4, -0.2) is 13.7 Å². The number of hydrogen-bond donors (Lipinski definition) is 3. The van der Waals surface area contributed by atoms with Gasteiger partial charge in [0.15, 0.2) is 11.1 Å². The lowest BCUT2D eigenvalue weighted by Crippen LogP contribution is -2.15. The highest BCUT2D eigenvalue weighted by atomic mass is 32.2. The summed E-state index contributed by atoms with van der Waals surface area (Å²) in [5.41, 5.74) is 5.87. The van der Waals surface area contributed by atoms with Gasteiger partial charge in [-0.3, -0.25) is 0 Å². The first kappa shape index (κ1) is 7.46. The Kier molecular flexibility index (Phi) is 2.21. The first-order valence-corrected chi connectivity index (χ1v) is 3.87. The van der Waals surface area contributed by atoms with Crippen molar-refractivity contribution < 1.29 is 8.76 Å². The molecule has 4 nitrogen and oxygen atoms in total. The van der Waals surface area contributed by atoms with Crippen molar-refractivity contribution in [2.75, 3.05) is 0 Å². The molecule has 56 valence electrons. The van der Waals surface area contributed by atoms with Gasteiger partial charge in [-0.05, 0) is 12.1 Å². The monoisotopic (exact) mass is 160 g/mol. The molecule has 0 radical (unpaired) electrons. The quantitative estimate of drug-likeness (QED) is 0.540. The zero-order chi connectivity index (χ0) is 7.56. The first-order chi connectivity index (χ1) is 4.72. The largest absolute Gasteiger partial charge is 0.363 e. The molecule has 10 heavy (non-hydrogen) atoms. The van der Waals surface area contributed by atoms with E-state index >= 15 is 0 Å². The van der Waals surface area contributed by atoms with E-state index in [9.17, 15) is 4.21 Å². The summed E-state index contributed by atoms with van der Waals surface area (Å²) in [5, 5.41) is -0.824. The fourth-order valence-corrected chi connectivity index (χ4v) is 0.994. The second-order valence-electron chi connectivity index (χ2n) is 1.82. The SMILES string of the molecule is NC(c1ccc[nH]1)S(=O)O. The minimum atomic E-state index is -1.99. The lowest BCUT2D eigenvalue weighted by molar-refractivity contribution is 0.550. The van der Waals surface area contributed by atoms with E-state index in [1.165, 1.54) is 0 Å². The van der Waals surface area contributed by atoms with E-state index in [4.69, 9.17) is 10.3 Å². The number of nitrogens with two attached hydrogens (primary N) is 1. The minimum Gasteiger partial charge on any atom is -0.363 e. The topological polar surface area (TPSA) is 79.1 Å². The minimum absolute atomic E-state index is 0.570. The molecule has 0 aliphatic heterocycles. The number of hydrogen-bond acceptors (Lipinski definition) is 2. The molecule has 0 aliphatic carbocycles. The average Bonchev–Trinajstić information content (AvgIpc) is 2.36. The standard InChI is InChI=1S/C5H8N2O2S/c6-5(10(8)9)4-2-1-3-7-4/h1-3,5,7H,6H2,(H,8,9). The van der Waals surface area contributed by atoms with Crippen molar-refractivity contribution in [3.63, 3.8) is 0 Å². The zero-order valence-electron chi connectivity index (χ0n) is 5.15. The molecule has 0 saturated heterocycles. The number of rotatable bonds is 2. The van der Waals surface area contributed by atoms with Gasteiger partial charge in [0.25, 0.3) is 0 Å². The fraction of sp³-hybridized carbons (Fsp3) is 0.200. The van der Waals surface area contributed by atoms with E-state index in [-0.39, 0.29) is 0 Å². The average molecular weight is 160 g/mol. The Morgan fingerprint density at radius 1 is 1.80 bits per heavy atom. The molecular formula is C5H8N2O2S. The first-order valence-electron chi connectivity index (χ1n) is 2.70. The molecule has 5 heteroatoms. The van der Waals surface area contributed by atoms with Gasteiger partial charge in [-0.15, -0.1) is 0 Å². The van der Waals surface area contributed by atoms with Crippen molar-refractivity contribution in [2.24, 2.45) is 5.73 Å². The van der Waals surface area contributed by atoms with Crippen LogP contribution in [0.3, 0.4) is 0 Å². The number of aromatic nitrogens is 1. The third-order valence-corrected chi connectivity index (χ3v) is 1.83. The molecule has 0 fully saturated rings. The Morgan fingerprint density at radius 3 is 2.90 bits per heavy atom. The summed E-state index contributed by atoms with van der Waals surface area (Å²) in [4.78, 5) is 2.74. The Hall–Kier alpha value is -0.650. The van der Waals surface area contributed by atoms with Crippen molar-refractivity contribution >= 4 is 11.1 Å². The molecule has 2 atom stereocenters. The van der Waals surface area contributed by atoms with Crippen LogP contribution in [0.1, 0.15) is 11.1 Å². The molecule has 0 aromatic carbocycles. The predicted molar refractivity (Wildman–Crippen MR) is 38.5 cm³/mol. The number of nitrogens with one attached hydrogen (secondary N) is 1. The molecule has 0 bridgehead atoms. The maximum atomic E-state index is 10.4. The van der Waals surface area contributed by atoms with E-state index < -0.39 is 16.5 Å². The second-order valence-corrected chi connectivity index (χ2v) is 2.88. The van der Waals surface area contributed by atoms with E-state index in [1.807, 2.05) is 0 Å². The molecule has 1 rings (SSSR count). The van der Waals surface area contributed by atoms with Gasteiger partial charge in [-0.1, -0.05) is 0 Å². The molecule has 4 N–H and O–H groups in total. The van der Waals surface area contributed by atoms with Crippen molar-refractivity contribution in [2.45, 2.75) is 5.37 Å². The summed E-state index contributed by atoms with van der Waals surface area (Å²) in [6.45, 7) is 0. The van der Waals surface area contributed by atoms with E-state index in [1.54, 1.807) is 18.3 Å². The Labute approximate surface area is 60.7 Å². The maximum Gasteiger partial charge on any atom is 0.176 e. The number of H-pyrrole nitrogens is 1. The molecule has 1 aromatic rings. The van der Waals surface area contributed by atoms with Crippen LogP contribution in [-0.2, 0) is 11.1 Å². The van der Waals surface area contributed by atoms with Crippen LogP contribution >= 0.6 is 0 Å². The molecule has 2 unspecified atom stereocenters. The van der Waals surface area contributed by atoms with Gasteiger partial charge in [0.2, 0.25) is 0 Å². The third kappa shape index (κ3) is 1.44. The molecule has 0 saturated carbocycles. The van der Waals surface area contributed by atoms with Gasteiger partial charge in [0.1, 0.15) is 5.37 Å². The highest BCUT2D eigenvalue weighted by Gasteiger charge is 2.11. The van der Waals surface area contributed by atoms with Crippen LogP contribution in [0.5, 0.6) is 0 Å². The highest BCUT2D eigenvalue weighted by Crippen LogP contribution is 2.08.